The lowest BCUT2D eigenvalue weighted by atomic mass is 10.2. The second kappa shape index (κ2) is 6.24. The van der Waals surface area contributed by atoms with Gasteiger partial charge in [0.25, 0.3) is 0 Å². The highest BCUT2D eigenvalue weighted by Gasteiger charge is 2.05. The molecule has 0 aliphatic rings. The van der Waals surface area contributed by atoms with Gasteiger partial charge in [0.2, 0.25) is 17.1 Å². The number of rotatable bonds is 2. The molecule has 0 spiro atoms. The highest BCUT2D eigenvalue weighted by Crippen LogP contribution is 2.12. The molecule has 3 aromatic rings. The Bertz CT molecular complexity index is 847. The molecule has 0 aliphatic carbocycles. The van der Waals surface area contributed by atoms with Crippen LogP contribution in [0.3, 0.4) is 0 Å². The molecular formula is C15H11ClN6. The van der Waals surface area contributed by atoms with E-state index < -0.39 is 0 Å². The van der Waals surface area contributed by atoms with E-state index in [0.29, 0.717) is 17.6 Å². The van der Waals surface area contributed by atoms with Gasteiger partial charge < -0.3 is 5.32 Å². The lowest BCUT2D eigenvalue weighted by Gasteiger charge is -2.01. The fourth-order valence-electron chi connectivity index (χ4n) is 1.71. The third-order valence-electron chi connectivity index (χ3n) is 2.65. The Balaban J connectivity index is 1.85. The first-order chi connectivity index (χ1) is 10.7. The van der Waals surface area contributed by atoms with E-state index in [0.717, 1.165) is 11.3 Å². The Hall–Kier alpha value is -2.91. The molecule has 0 aliphatic heterocycles. The standard InChI is InChI=1S/C15H11ClN6/c1-10-9-13(22-21-10)19-15-18-12(17-14(16)20-15)8-7-11-5-3-2-4-6-11/h2-6,9H,1H3,(H2,17,18,19,20,21,22). The molecule has 7 heteroatoms. The molecule has 108 valence electrons. The SMILES string of the molecule is Cc1cc(Nc2nc(Cl)nc(C#Cc3ccccc3)n2)n[nH]1. The van der Waals surface area contributed by atoms with Crippen molar-refractivity contribution in [2.24, 2.45) is 0 Å². The van der Waals surface area contributed by atoms with Crippen molar-refractivity contribution >= 4 is 23.4 Å². The molecule has 0 bridgehead atoms. The predicted octanol–water partition coefficient (Wildman–Crippen LogP) is 2.70. The first-order valence-corrected chi connectivity index (χ1v) is 6.84. The van der Waals surface area contributed by atoms with Gasteiger partial charge in [-0.2, -0.15) is 20.1 Å². The second-order valence-electron chi connectivity index (χ2n) is 4.43. The number of nitrogens with one attached hydrogen (secondary N) is 2. The van der Waals surface area contributed by atoms with Crippen molar-refractivity contribution < 1.29 is 0 Å². The van der Waals surface area contributed by atoms with Crippen LogP contribution in [0.1, 0.15) is 17.1 Å². The second-order valence-corrected chi connectivity index (χ2v) is 4.77. The number of halogens is 1. The molecule has 2 aromatic heterocycles. The van der Waals surface area contributed by atoms with E-state index in [4.69, 9.17) is 11.6 Å². The number of aryl methyl sites for hydroxylation is 1. The summed E-state index contributed by atoms with van der Waals surface area (Å²) in [6.07, 6.45) is 0. The normalized spacial score (nSPS) is 9.91. The summed E-state index contributed by atoms with van der Waals surface area (Å²) in [6, 6.07) is 11.4. The van der Waals surface area contributed by atoms with Gasteiger partial charge in [0.1, 0.15) is 0 Å². The van der Waals surface area contributed by atoms with E-state index in [1.807, 2.05) is 43.3 Å². The smallest absolute Gasteiger partial charge is 0.233 e. The van der Waals surface area contributed by atoms with Gasteiger partial charge in [-0.15, -0.1) is 0 Å². The Morgan fingerprint density at radius 2 is 1.91 bits per heavy atom. The lowest BCUT2D eigenvalue weighted by molar-refractivity contribution is 1.01. The average Bonchev–Trinajstić information content (AvgIpc) is 2.91. The number of aromatic nitrogens is 5. The first kappa shape index (κ1) is 14.0. The molecule has 0 atom stereocenters. The molecule has 0 radical (unpaired) electrons. The molecule has 0 fully saturated rings. The predicted molar refractivity (Wildman–Crippen MR) is 83.9 cm³/mol. The van der Waals surface area contributed by atoms with E-state index in [2.05, 4.69) is 42.3 Å². The minimum atomic E-state index is 0.0714. The Labute approximate surface area is 132 Å². The lowest BCUT2D eigenvalue weighted by Crippen LogP contribution is -2.02. The fraction of sp³-hybridized carbons (Fsp3) is 0.0667. The Morgan fingerprint density at radius 1 is 1.09 bits per heavy atom. The fourth-order valence-corrected chi connectivity index (χ4v) is 1.87. The minimum Gasteiger partial charge on any atom is -0.307 e. The third-order valence-corrected chi connectivity index (χ3v) is 2.82. The van der Waals surface area contributed by atoms with E-state index in [-0.39, 0.29) is 5.28 Å². The zero-order valence-corrected chi connectivity index (χ0v) is 12.4. The molecule has 3 rings (SSSR count). The minimum absolute atomic E-state index is 0.0714. The van der Waals surface area contributed by atoms with E-state index in [1.54, 1.807) is 0 Å². The highest BCUT2D eigenvalue weighted by atomic mass is 35.5. The number of benzene rings is 1. The quantitative estimate of drug-likeness (QED) is 0.711. The average molecular weight is 311 g/mol. The van der Waals surface area contributed by atoms with E-state index >= 15 is 0 Å². The van der Waals surface area contributed by atoms with Gasteiger partial charge in [-0.25, -0.2) is 0 Å². The largest absolute Gasteiger partial charge is 0.307 e. The summed E-state index contributed by atoms with van der Waals surface area (Å²) < 4.78 is 0. The van der Waals surface area contributed by atoms with Crippen molar-refractivity contribution in [3.8, 4) is 11.8 Å². The molecule has 22 heavy (non-hydrogen) atoms. The van der Waals surface area contributed by atoms with Gasteiger partial charge in [-0.05, 0) is 36.6 Å². The summed E-state index contributed by atoms with van der Waals surface area (Å²) in [5.74, 6) is 7.03. The van der Waals surface area contributed by atoms with Crippen molar-refractivity contribution in [1.29, 1.82) is 0 Å². The molecule has 0 amide bonds. The molecule has 0 saturated heterocycles. The van der Waals surface area contributed by atoms with Gasteiger partial charge >= 0.3 is 0 Å². The van der Waals surface area contributed by atoms with Crippen molar-refractivity contribution in [3.63, 3.8) is 0 Å². The van der Waals surface area contributed by atoms with Gasteiger partial charge in [-0.3, -0.25) is 5.10 Å². The van der Waals surface area contributed by atoms with Crippen LogP contribution >= 0.6 is 11.6 Å². The molecular weight excluding hydrogens is 300 g/mol. The summed E-state index contributed by atoms with van der Waals surface area (Å²) >= 11 is 5.90. The Morgan fingerprint density at radius 3 is 2.64 bits per heavy atom. The summed E-state index contributed by atoms with van der Waals surface area (Å²) in [5, 5.41) is 9.89. The number of anilines is 2. The summed E-state index contributed by atoms with van der Waals surface area (Å²) in [7, 11) is 0. The highest BCUT2D eigenvalue weighted by molar-refractivity contribution is 6.28. The van der Waals surface area contributed by atoms with Crippen LogP contribution in [0, 0.1) is 18.8 Å². The van der Waals surface area contributed by atoms with E-state index in [9.17, 15) is 0 Å². The maximum atomic E-state index is 5.90. The van der Waals surface area contributed by atoms with Crippen LogP contribution in [0.15, 0.2) is 36.4 Å². The number of nitrogens with zero attached hydrogens (tertiary/aromatic N) is 4. The number of H-pyrrole nitrogens is 1. The summed E-state index contributed by atoms with van der Waals surface area (Å²) in [6.45, 7) is 1.90. The van der Waals surface area contributed by atoms with Gasteiger partial charge in [0.05, 0.1) is 0 Å². The Kier molecular flexibility index (Phi) is 3.99. The van der Waals surface area contributed by atoms with Crippen molar-refractivity contribution in [3.05, 3.63) is 58.8 Å². The van der Waals surface area contributed by atoms with Crippen LogP contribution in [0.4, 0.5) is 11.8 Å². The van der Waals surface area contributed by atoms with Crippen LogP contribution in [0.2, 0.25) is 5.28 Å². The molecule has 6 nitrogen and oxygen atoms in total. The van der Waals surface area contributed by atoms with Crippen LogP contribution in [-0.2, 0) is 0 Å². The van der Waals surface area contributed by atoms with Crippen molar-refractivity contribution in [2.45, 2.75) is 6.92 Å². The number of aromatic amines is 1. The van der Waals surface area contributed by atoms with Gasteiger partial charge in [0.15, 0.2) is 5.82 Å². The van der Waals surface area contributed by atoms with Crippen LogP contribution < -0.4 is 5.32 Å². The molecule has 0 unspecified atom stereocenters. The van der Waals surface area contributed by atoms with E-state index in [1.165, 1.54) is 0 Å². The number of hydrogen-bond acceptors (Lipinski definition) is 5. The van der Waals surface area contributed by atoms with Gasteiger partial charge in [0, 0.05) is 17.3 Å². The van der Waals surface area contributed by atoms with Crippen LogP contribution in [0.25, 0.3) is 0 Å². The maximum absolute atomic E-state index is 5.90. The van der Waals surface area contributed by atoms with Gasteiger partial charge in [-0.1, -0.05) is 24.1 Å². The monoisotopic (exact) mass is 310 g/mol. The molecule has 2 heterocycles. The summed E-state index contributed by atoms with van der Waals surface area (Å²) in [5.41, 5.74) is 1.79. The number of hydrogen-bond donors (Lipinski definition) is 2. The van der Waals surface area contributed by atoms with Crippen molar-refractivity contribution in [2.75, 3.05) is 5.32 Å². The molecule has 0 saturated carbocycles. The zero-order chi connectivity index (χ0) is 15.4. The zero-order valence-electron chi connectivity index (χ0n) is 11.6. The topological polar surface area (TPSA) is 79.4 Å². The molecule has 1 aromatic carbocycles. The van der Waals surface area contributed by atoms with Crippen LogP contribution in [0.5, 0.6) is 0 Å². The molecule has 2 N–H and O–H groups in total. The van der Waals surface area contributed by atoms with Crippen molar-refractivity contribution in [1.82, 2.24) is 25.1 Å². The summed E-state index contributed by atoms with van der Waals surface area (Å²) in [4.78, 5) is 12.2. The third kappa shape index (κ3) is 3.59. The first-order valence-electron chi connectivity index (χ1n) is 6.47. The van der Waals surface area contributed by atoms with Crippen LogP contribution in [-0.4, -0.2) is 25.1 Å². The maximum Gasteiger partial charge on any atom is 0.233 e.